The minimum atomic E-state index is -0.376. The summed E-state index contributed by atoms with van der Waals surface area (Å²) < 4.78 is 0.716. The van der Waals surface area contributed by atoms with Gasteiger partial charge >= 0.3 is 0 Å². The van der Waals surface area contributed by atoms with E-state index in [9.17, 15) is 9.59 Å². The summed E-state index contributed by atoms with van der Waals surface area (Å²) >= 11 is 3.46. The maximum atomic E-state index is 12.5. The lowest BCUT2D eigenvalue weighted by atomic mass is 9.49. The smallest absolute Gasteiger partial charge is 0.280 e. The number of carbonyl (C=O) groups excluding carboxylic acids is 2. The van der Waals surface area contributed by atoms with Gasteiger partial charge in [0.15, 0.2) is 5.69 Å². The van der Waals surface area contributed by atoms with Crippen LogP contribution in [0.4, 0.5) is 0 Å². The van der Waals surface area contributed by atoms with Gasteiger partial charge in [-0.1, -0.05) is 0 Å². The monoisotopic (exact) mass is 420 g/mol. The average molecular weight is 421 g/mol. The summed E-state index contributed by atoms with van der Waals surface area (Å²) in [6.07, 6.45) is 10.5. The summed E-state index contributed by atoms with van der Waals surface area (Å²) in [4.78, 5) is 24.9. The van der Waals surface area contributed by atoms with Crippen molar-refractivity contribution in [3.63, 3.8) is 0 Å². The average Bonchev–Trinajstić information content (AvgIpc) is 3.33. The molecule has 0 radical (unpaired) electrons. The summed E-state index contributed by atoms with van der Waals surface area (Å²) in [6, 6.07) is 0. The maximum absolute atomic E-state index is 12.5. The van der Waals surface area contributed by atoms with E-state index in [0.29, 0.717) is 22.5 Å². The van der Waals surface area contributed by atoms with E-state index in [0.717, 1.165) is 36.3 Å². The van der Waals surface area contributed by atoms with Crippen molar-refractivity contribution in [3.05, 3.63) is 15.9 Å². The van der Waals surface area contributed by atoms with Gasteiger partial charge in [-0.15, -0.1) is 0 Å². The lowest BCUT2D eigenvalue weighted by Gasteiger charge is -2.56. The summed E-state index contributed by atoms with van der Waals surface area (Å²) in [5.41, 5.74) is 6.63. The molecule has 26 heavy (non-hydrogen) atoms. The van der Waals surface area contributed by atoms with Gasteiger partial charge in [0.2, 0.25) is 5.91 Å². The van der Waals surface area contributed by atoms with Gasteiger partial charge in [-0.2, -0.15) is 5.10 Å². The Morgan fingerprint density at radius 2 is 1.69 bits per heavy atom. The number of halogens is 1. The van der Waals surface area contributed by atoms with Crippen LogP contribution in [0.25, 0.3) is 0 Å². The van der Waals surface area contributed by atoms with E-state index in [1.807, 2.05) is 0 Å². The molecule has 0 aromatic carbocycles. The first kappa shape index (κ1) is 16.8. The summed E-state index contributed by atoms with van der Waals surface area (Å²) in [5.74, 6) is 2.50. The van der Waals surface area contributed by atoms with Gasteiger partial charge in [0.1, 0.15) is 0 Å². The lowest BCUT2D eigenvalue weighted by molar-refractivity contribution is -0.130. The molecular weight excluding hydrogens is 396 g/mol. The van der Waals surface area contributed by atoms with Crippen LogP contribution in [-0.2, 0) is 4.79 Å². The zero-order chi connectivity index (χ0) is 17.9. The van der Waals surface area contributed by atoms with Crippen LogP contribution in [0, 0.1) is 23.2 Å². The molecule has 7 heteroatoms. The minimum absolute atomic E-state index is 0.0747. The van der Waals surface area contributed by atoms with Crippen molar-refractivity contribution in [2.75, 3.05) is 0 Å². The summed E-state index contributed by atoms with van der Waals surface area (Å²) in [7, 11) is 0. The Morgan fingerprint density at radius 1 is 1.08 bits per heavy atom. The van der Waals surface area contributed by atoms with Crippen LogP contribution < -0.4 is 10.9 Å². The SMILES string of the molecule is O=C(CC12CC3CC(CC(C3)C1)C2)NNC(=O)c1n[nH]c(C2CC2)c1Br. The Labute approximate surface area is 161 Å². The minimum Gasteiger partial charge on any atom is -0.280 e. The fraction of sp³-hybridized carbons (Fsp3) is 0.737. The fourth-order valence-electron chi connectivity index (χ4n) is 6.21. The van der Waals surface area contributed by atoms with Crippen LogP contribution in [0.5, 0.6) is 0 Å². The molecule has 140 valence electrons. The Hall–Kier alpha value is -1.37. The number of nitrogens with zero attached hydrogens (tertiary/aromatic N) is 1. The molecule has 3 N–H and O–H groups in total. The number of hydrazine groups is 1. The molecule has 2 amide bonds. The third kappa shape index (κ3) is 2.98. The molecular formula is C19H25BrN4O2. The second-order valence-corrected chi connectivity index (χ2v) is 9.96. The van der Waals surface area contributed by atoms with Crippen LogP contribution >= 0.6 is 15.9 Å². The van der Waals surface area contributed by atoms with Crippen LogP contribution in [0.3, 0.4) is 0 Å². The highest BCUT2D eigenvalue weighted by Gasteiger charge is 2.51. The number of hydrogen-bond donors (Lipinski definition) is 3. The second kappa shape index (κ2) is 6.08. The number of aromatic amines is 1. The molecule has 0 atom stereocenters. The van der Waals surface area contributed by atoms with Crippen molar-refractivity contribution in [2.45, 2.75) is 63.7 Å². The second-order valence-electron chi connectivity index (χ2n) is 9.17. The van der Waals surface area contributed by atoms with Crippen molar-refractivity contribution >= 4 is 27.7 Å². The van der Waals surface area contributed by atoms with Gasteiger partial charge in [0.05, 0.1) is 10.2 Å². The number of amides is 2. The predicted molar refractivity (Wildman–Crippen MR) is 99.1 cm³/mol. The molecule has 4 bridgehead atoms. The third-order valence-electron chi connectivity index (χ3n) is 6.95. The predicted octanol–water partition coefficient (Wildman–Crippen LogP) is 3.42. The Balaban J connectivity index is 1.18. The number of rotatable bonds is 4. The molecule has 0 aliphatic heterocycles. The Bertz CT molecular complexity index is 719. The molecule has 0 saturated heterocycles. The highest BCUT2D eigenvalue weighted by atomic mass is 79.9. The van der Waals surface area contributed by atoms with Gasteiger partial charge in [-0.25, -0.2) is 0 Å². The number of hydrogen-bond acceptors (Lipinski definition) is 3. The van der Waals surface area contributed by atoms with Crippen LogP contribution in [-0.4, -0.2) is 22.0 Å². The standard InChI is InChI=1S/C19H25BrN4O2/c20-15-16(13-1-2-13)22-23-17(15)18(26)24-21-14(25)9-19-6-10-3-11(7-19)5-12(4-10)8-19/h10-13H,1-9H2,(H,21,25)(H,22,23)(H,24,26). The molecule has 6 rings (SSSR count). The van der Waals surface area contributed by atoms with Crippen molar-refractivity contribution in [3.8, 4) is 0 Å². The molecule has 5 saturated carbocycles. The van der Waals surface area contributed by atoms with Gasteiger partial charge in [0.25, 0.3) is 5.91 Å². The van der Waals surface area contributed by atoms with Crippen molar-refractivity contribution < 1.29 is 9.59 Å². The highest BCUT2D eigenvalue weighted by molar-refractivity contribution is 9.10. The normalized spacial score (nSPS) is 34.7. The van der Waals surface area contributed by atoms with Crippen molar-refractivity contribution in [1.82, 2.24) is 21.0 Å². The zero-order valence-corrected chi connectivity index (χ0v) is 16.4. The lowest BCUT2D eigenvalue weighted by Crippen LogP contribution is -2.50. The maximum Gasteiger partial charge on any atom is 0.291 e. The molecule has 0 unspecified atom stereocenters. The molecule has 1 aromatic rings. The number of nitrogens with one attached hydrogen (secondary N) is 3. The van der Waals surface area contributed by atoms with Gasteiger partial charge < -0.3 is 0 Å². The van der Waals surface area contributed by atoms with E-state index in [4.69, 9.17) is 0 Å². The van der Waals surface area contributed by atoms with Crippen molar-refractivity contribution in [1.29, 1.82) is 0 Å². The largest absolute Gasteiger partial charge is 0.291 e. The molecule has 6 nitrogen and oxygen atoms in total. The number of aromatic nitrogens is 2. The topological polar surface area (TPSA) is 86.9 Å². The van der Waals surface area contributed by atoms with Crippen LogP contribution in [0.15, 0.2) is 4.47 Å². The Kier molecular flexibility index (Phi) is 3.92. The van der Waals surface area contributed by atoms with Gasteiger partial charge in [-0.3, -0.25) is 25.5 Å². The van der Waals surface area contributed by atoms with E-state index in [1.54, 1.807) is 0 Å². The van der Waals surface area contributed by atoms with Gasteiger partial charge in [-0.05, 0) is 90.5 Å². The molecule has 5 aliphatic carbocycles. The molecule has 1 aromatic heterocycles. The highest BCUT2D eigenvalue weighted by Crippen LogP contribution is 2.61. The molecule has 5 aliphatic rings. The van der Waals surface area contributed by atoms with E-state index >= 15 is 0 Å². The summed E-state index contributed by atoms with van der Waals surface area (Å²) in [6.45, 7) is 0. The molecule has 5 fully saturated rings. The first-order valence-corrected chi connectivity index (χ1v) is 10.6. The fourth-order valence-corrected chi connectivity index (χ4v) is 6.89. The Morgan fingerprint density at radius 3 is 2.27 bits per heavy atom. The first-order chi connectivity index (χ1) is 12.5. The number of H-pyrrole nitrogens is 1. The van der Waals surface area contributed by atoms with Gasteiger partial charge in [0, 0.05) is 12.3 Å². The summed E-state index contributed by atoms with van der Waals surface area (Å²) in [5, 5.41) is 7.04. The quantitative estimate of drug-likeness (QED) is 0.652. The first-order valence-electron chi connectivity index (χ1n) is 9.84. The van der Waals surface area contributed by atoms with E-state index in [2.05, 4.69) is 37.0 Å². The van der Waals surface area contributed by atoms with Crippen LogP contribution in [0.1, 0.15) is 79.9 Å². The van der Waals surface area contributed by atoms with E-state index < -0.39 is 0 Å². The van der Waals surface area contributed by atoms with Crippen LogP contribution in [0.2, 0.25) is 0 Å². The van der Waals surface area contributed by atoms with Crippen molar-refractivity contribution in [2.24, 2.45) is 23.2 Å². The zero-order valence-electron chi connectivity index (χ0n) is 14.8. The van der Waals surface area contributed by atoms with E-state index in [1.165, 1.54) is 38.5 Å². The number of carbonyl (C=O) groups is 2. The third-order valence-corrected chi connectivity index (χ3v) is 7.75. The van der Waals surface area contributed by atoms with E-state index in [-0.39, 0.29) is 17.2 Å². The molecule has 1 heterocycles. The molecule has 0 spiro atoms.